The van der Waals surface area contributed by atoms with Crippen molar-refractivity contribution >= 4 is 11.6 Å². The number of benzene rings is 1. The van der Waals surface area contributed by atoms with Gasteiger partial charge in [0.15, 0.2) is 0 Å². The van der Waals surface area contributed by atoms with Gasteiger partial charge in [-0.3, -0.25) is 4.90 Å². The van der Waals surface area contributed by atoms with E-state index in [0.717, 1.165) is 18.5 Å². The summed E-state index contributed by atoms with van der Waals surface area (Å²) in [6, 6.07) is 7.51. The van der Waals surface area contributed by atoms with E-state index in [1.54, 1.807) is 0 Å². The van der Waals surface area contributed by atoms with E-state index >= 15 is 0 Å². The van der Waals surface area contributed by atoms with E-state index in [1.165, 1.54) is 0 Å². The van der Waals surface area contributed by atoms with Crippen molar-refractivity contribution in [1.82, 2.24) is 4.90 Å². The van der Waals surface area contributed by atoms with Crippen LogP contribution >= 0.6 is 11.6 Å². The van der Waals surface area contributed by atoms with Crippen molar-refractivity contribution in [3.8, 4) is 0 Å². The van der Waals surface area contributed by atoms with Gasteiger partial charge in [-0.1, -0.05) is 30.7 Å². The molecule has 0 aromatic heterocycles. The van der Waals surface area contributed by atoms with E-state index in [0.29, 0.717) is 18.1 Å². The first kappa shape index (κ1) is 18.4. The Kier molecular flexibility index (Phi) is 8.88. The number of rotatable bonds is 10. The van der Waals surface area contributed by atoms with E-state index in [9.17, 15) is 5.11 Å². The third-order valence-electron chi connectivity index (χ3n) is 3.30. The third kappa shape index (κ3) is 7.25. The zero-order valence-corrected chi connectivity index (χ0v) is 13.6. The van der Waals surface area contributed by atoms with Gasteiger partial charge in [0.1, 0.15) is 0 Å². The van der Waals surface area contributed by atoms with Crippen molar-refractivity contribution in [2.24, 2.45) is 0 Å². The highest BCUT2D eigenvalue weighted by molar-refractivity contribution is 6.30. The molecule has 1 aromatic carbocycles. The molecular formula is C16H26ClNO3. The van der Waals surface area contributed by atoms with Gasteiger partial charge < -0.3 is 14.9 Å². The molecule has 0 aliphatic heterocycles. The van der Waals surface area contributed by atoms with Crippen LogP contribution < -0.4 is 0 Å². The highest BCUT2D eigenvalue weighted by Gasteiger charge is 2.13. The SMILES string of the molecule is CCCN(CCO)C[C@@H](O)CO[C@@H](C)c1ccc(Cl)cc1. The van der Waals surface area contributed by atoms with Crippen LogP contribution in [0, 0.1) is 0 Å². The van der Waals surface area contributed by atoms with Crippen LogP contribution in [0.2, 0.25) is 5.02 Å². The molecule has 5 heteroatoms. The first-order chi connectivity index (χ1) is 10.1. The van der Waals surface area contributed by atoms with Gasteiger partial charge in [-0.2, -0.15) is 0 Å². The van der Waals surface area contributed by atoms with Crippen molar-refractivity contribution in [3.05, 3.63) is 34.9 Å². The zero-order chi connectivity index (χ0) is 15.7. The molecule has 0 spiro atoms. The molecule has 0 saturated carbocycles. The van der Waals surface area contributed by atoms with Crippen molar-refractivity contribution in [2.45, 2.75) is 32.5 Å². The van der Waals surface area contributed by atoms with Gasteiger partial charge in [0.2, 0.25) is 0 Å². The molecule has 0 fully saturated rings. The zero-order valence-electron chi connectivity index (χ0n) is 12.8. The molecule has 1 aromatic rings. The lowest BCUT2D eigenvalue weighted by Gasteiger charge is -2.24. The van der Waals surface area contributed by atoms with Crippen molar-refractivity contribution in [1.29, 1.82) is 0 Å². The Morgan fingerprint density at radius 1 is 1.24 bits per heavy atom. The molecule has 21 heavy (non-hydrogen) atoms. The van der Waals surface area contributed by atoms with Crippen LogP contribution in [0.25, 0.3) is 0 Å². The number of aliphatic hydroxyl groups excluding tert-OH is 2. The van der Waals surface area contributed by atoms with E-state index < -0.39 is 6.10 Å². The molecule has 0 bridgehead atoms. The topological polar surface area (TPSA) is 52.9 Å². The first-order valence-electron chi connectivity index (χ1n) is 7.45. The average Bonchev–Trinajstić information content (AvgIpc) is 2.46. The lowest BCUT2D eigenvalue weighted by atomic mass is 10.1. The fourth-order valence-electron chi connectivity index (χ4n) is 2.19. The predicted octanol–water partition coefficient (Wildman–Crippen LogP) is 2.48. The van der Waals surface area contributed by atoms with Crippen LogP contribution in [-0.2, 0) is 4.74 Å². The van der Waals surface area contributed by atoms with Crippen LogP contribution in [0.1, 0.15) is 31.9 Å². The monoisotopic (exact) mass is 315 g/mol. The number of halogens is 1. The second kappa shape index (κ2) is 10.1. The summed E-state index contributed by atoms with van der Waals surface area (Å²) < 4.78 is 5.70. The summed E-state index contributed by atoms with van der Waals surface area (Å²) in [5.41, 5.74) is 1.03. The van der Waals surface area contributed by atoms with E-state index in [4.69, 9.17) is 21.4 Å². The molecule has 0 saturated heterocycles. The molecule has 0 aliphatic carbocycles. The lowest BCUT2D eigenvalue weighted by Crippen LogP contribution is -2.37. The fourth-order valence-corrected chi connectivity index (χ4v) is 2.31. The number of aliphatic hydroxyl groups is 2. The smallest absolute Gasteiger partial charge is 0.0900 e. The maximum Gasteiger partial charge on any atom is 0.0900 e. The minimum absolute atomic E-state index is 0.0885. The summed E-state index contributed by atoms with van der Waals surface area (Å²) in [7, 11) is 0. The summed E-state index contributed by atoms with van der Waals surface area (Å²) in [6.45, 7) is 6.37. The maximum absolute atomic E-state index is 10.0. The predicted molar refractivity (Wildman–Crippen MR) is 85.6 cm³/mol. The fraction of sp³-hybridized carbons (Fsp3) is 0.625. The second-order valence-corrected chi connectivity index (χ2v) is 5.64. The van der Waals surface area contributed by atoms with Gasteiger partial charge in [0.05, 0.1) is 25.4 Å². The maximum atomic E-state index is 10.0. The number of nitrogens with zero attached hydrogens (tertiary/aromatic N) is 1. The van der Waals surface area contributed by atoms with Gasteiger partial charge in [0, 0.05) is 18.1 Å². The molecule has 1 rings (SSSR count). The van der Waals surface area contributed by atoms with Gasteiger partial charge in [0.25, 0.3) is 0 Å². The van der Waals surface area contributed by atoms with E-state index in [1.807, 2.05) is 36.1 Å². The molecule has 0 unspecified atom stereocenters. The van der Waals surface area contributed by atoms with Crippen LogP contribution in [0.5, 0.6) is 0 Å². The normalized spacial score (nSPS) is 14.4. The largest absolute Gasteiger partial charge is 0.395 e. The Morgan fingerprint density at radius 3 is 2.48 bits per heavy atom. The molecule has 4 nitrogen and oxygen atoms in total. The minimum Gasteiger partial charge on any atom is -0.395 e. The standard InChI is InChI=1S/C16H26ClNO3/c1-3-8-18(9-10-19)11-16(20)12-21-13(2)14-4-6-15(17)7-5-14/h4-7,13,16,19-20H,3,8-12H2,1-2H3/t13-,16+/m0/s1. The van der Waals surface area contributed by atoms with E-state index in [-0.39, 0.29) is 19.3 Å². The summed E-state index contributed by atoms with van der Waals surface area (Å²) in [4.78, 5) is 2.04. The highest BCUT2D eigenvalue weighted by atomic mass is 35.5. The Balaban J connectivity index is 2.37. The van der Waals surface area contributed by atoms with Crippen molar-refractivity contribution in [2.75, 3.05) is 32.8 Å². The molecule has 0 heterocycles. The summed E-state index contributed by atoms with van der Waals surface area (Å²) in [5, 5.41) is 19.7. The molecule has 120 valence electrons. The quantitative estimate of drug-likeness (QED) is 0.696. The molecule has 0 radical (unpaired) electrons. The van der Waals surface area contributed by atoms with Gasteiger partial charge in [-0.05, 0) is 37.6 Å². The lowest BCUT2D eigenvalue weighted by molar-refractivity contribution is -0.0170. The number of hydrogen-bond donors (Lipinski definition) is 2. The average molecular weight is 316 g/mol. The van der Waals surface area contributed by atoms with E-state index in [2.05, 4.69) is 6.92 Å². The van der Waals surface area contributed by atoms with Crippen molar-refractivity contribution in [3.63, 3.8) is 0 Å². The molecule has 0 amide bonds. The first-order valence-corrected chi connectivity index (χ1v) is 7.83. The third-order valence-corrected chi connectivity index (χ3v) is 3.56. The summed E-state index contributed by atoms with van der Waals surface area (Å²) in [6.07, 6.45) is 0.349. The summed E-state index contributed by atoms with van der Waals surface area (Å²) >= 11 is 5.85. The Morgan fingerprint density at radius 2 is 1.90 bits per heavy atom. The van der Waals surface area contributed by atoms with Crippen molar-refractivity contribution < 1.29 is 14.9 Å². The van der Waals surface area contributed by atoms with Crippen LogP contribution in [0.4, 0.5) is 0 Å². The van der Waals surface area contributed by atoms with Gasteiger partial charge in [-0.15, -0.1) is 0 Å². The molecule has 0 aliphatic rings. The molecule has 2 N–H and O–H groups in total. The van der Waals surface area contributed by atoms with Crippen LogP contribution in [0.3, 0.4) is 0 Å². The second-order valence-electron chi connectivity index (χ2n) is 5.21. The summed E-state index contributed by atoms with van der Waals surface area (Å²) in [5.74, 6) is 0. The highest BCUT2D eigenvalue weighted by Crippen LogP contribution is 2.19. The van der Waals surface area contributed by atoms with Gasteiger partial charge in [-0.25, -0.2) is 0 Å². The molecular weight excluding hydrogens is 290 g/mol. The Bertz CT molecular complexity index is 380. The Hall–Kier alpha value is -0.650. The molecule has 2 atom stereocenters. The van der Waals surface area contributed by atoms with Crippen LogP contribution in [-0.4, -0.2) is 54.1 Å². The number of hydrogen-bond acceptors (Lipinski definition) is 4. The Labute approximate surface area is 132 Å². The minimum atomic E-state index is -0.558. The van der Waals surface area contributed by atoms with Crippen LogP contribution in [0.15, 0.2) is 24.3 Å². The number of ether oxygens (including phenoxy) is 1. The van der Waals surface area contributed by atoms with Gasteiger partial charge >= 0.3 is 0 Å².